The molecule has 3 rings (SSSR count). The summed E-state index contributed by atoms with van der Waals surface area (Å²) in [4.78, 5) is 25.1. The van der Waals surface area contributed by atoms with E-state index < -0.39 is 17.6 Å². The maximum Gasteiger partial charge on any atom is 0.262 e. The number of hydrogen-bond acceptors (Lipinski definition) is 5. The molecule has 35 heavy (non-hydrogen) atoms. The summed E-state index contributed by atoms with van der Waals surface area (Å²) in [6, 6.07) is 21.2. The Labute approximate surface area is 202 Å². The Morgan fingerprint density at radius 1 is 1.06 bits per heavy atom. The molecule has 0 saturated carbocycles. The molecule has 0 unspecified atom stereocenters. The topological polar surface area (TPSA) is 100 Å². The lowest BCUT2D eigenvalue weighted by Crippen LogP contribution is -2.27. The number of hydrogen-bond donors (Lipinski definition) is 2. The van der Waals surface area contributed by atoms with Crippen LogP contribution in [0.5, 0.6) is 11.5 Å². The monoisotopic (exact) mass is 473 g/mol. The number of ether oxygens (including phenoxy) is 2. The van der Waals surface area contributed by atoms with Crippen molar-refractivity contribution in [2.75, 3.05) is 19.0 Å². The van der Waals surface area contributed by atoms with E-state index in [0.29, 0.717) is 17.0 Å². The van der Waals surface area contributed by atoms with Crippen LogP contribution in [0.2, 0.25) is 0 Å². The molecule has 0 aliphatic heterocycles. The van der Waals surface area contributed by atoms with Gasteiger partial charge in [-0.2, -0.15) is 5.26 Å². The van der Waals surface area contributed by atoms with Crippen molar-refractivity contribution in [3.8, 4) is 17.6 Å². The Hall–Kier alpha value is -4.64. The van der Waals surface area contributed by atoms with E-state index in [1.165, 1.54) is 37.5 Å². The first kappa shape index (κ1) is 25.0. The number of methoxy groups -OCH3 is 1. The van der Waals surface area contributed by atoms with Crippen molar-refractivity contribution in [1.29, 1.82) is 5.26 Å². The van der Waals surface area contributed by atoms with E-state index in [-0.39, 0.29) is 24.0 Å². The van der Waals surface area contributed by atoms with Gasteiger partial charge in [0, 0.05) is 11.3 Å². The van der Waals surface area contributed by atoms with Crippen molar-refractivity contribution >= 4 is 23.6 Å². The molecule has 0 bridgehead atoms. The zero-order chi connectivity index (χ0) is 25.2. The molecule has 0 radical (unpaired) electrons. The summed E-state index contributed by atoms with van der Waals surface area (Å²) in [5, 5.41) is 15.0. The molecule has 0 fully saturated rings. The molecular formula is C27H24FN3O4. The van der Waals surface area contributed by atoms with E-state index in [1.807, 2.05) is 43.3 Å². The van der Waals surface area contributed by atoms with Crippen LogP contribution in [0.1, 0.15) is 24.1 Å². The van der Waals surface area contributed by atoms with Gasteiger partial charge in [0.1, 0.15) is 17.5 Å². The number of carbonyl (C=O) groups excluding carboxylic acids is 2. The predicted octanol–water partition coefficient (Wildman–Crippen LogP) is 4.64. The fourth-order valence-corrected chi connectivity index (χ4v) is 3.23. The molecule has 7 nitrogen and oxygen atoms in total. The van der Waals surface area contributed by atoms with E-state index in [2.05, 4.69) is 10.6 Å². The van der Waals surface area contributed by atoms with Crippen molar-refractivity contribution in [2.24, 2.45) is 0 Å². The standard InChI is InChI=1S/C27H24FN3O4/c1-18(19-7-4-3-5-8-19)30-27(33)21(16-29)15-20-9-6-10-24(34-2)26(20)35-17-25(32)31-23-13-11-22(28)12-14-23/h3-15,18H,17H2,1-2H3,(H,30,33)(H,31,32)/b21-15-/t18-/m1/s1. The number of nitrogens with one attached hydrogen (secondary N) is 2. The van der Waals surface area contributed by atoms with Gasteiger partial charge in [0.2, 0.25) is 0 Å². The smallest absolute Gasteiger partial charge is 0.262 e. The molecule has 8 heteroatoms. The maximum absolute atomic E-state index is 13.1. The molecule has 1 atom stereocenters. The lowest BCUT2D eigenvalue weighted by molar-refractivity contribution is -0.118. The molecule has 3 aromatic rings. The van der Waals surface area contributed by atoms with Gasteiger partial charge in [0.15, 0.2) is 18.1 Å². The zero-order valence-corrected chi connectivity index (χ0v) is 19.2. The van der Waals surface area contributed by atoms with Gasteiger partial charge < -0.3 is 20.1 Å². The van der Waals surface area contributed by atoms with Crippen LogP contribution in [-0.4, -0.2) is 25.5 Å². The van der Waals surface area contributed by atoms with Crippen LogP contribution >= 0.6 is 0 Å². The van der Waals surface area contributed by atoms with Crippen molar-refractivity contribution in [1.82, 2.24) is 5.32 Å². The summed E-state index contributed by atoms with van der Waals surface area (Å²) in [5.41, 5.74) is 1.56. The number of amides is 2. The predicted molar refractivity (Wildman–Crippen MR) is 130 cm³/mol. The van der Waals surface area contributed by atoms with Crippen LogP contribution in [0.25, 0.3) is 6.08 Å². The van der Waals surface area contributed by atoms with Crippen LogP contribution in [0.15, 0.2) is 78.4 Å². The summed E-state index contributed by atoms with van der Waals surface area (Å²) in [6.45, 7) is 1.44. The third-order valence-electron chi connectivity index (χ3n) is 5.02. The van der Waals surface area contributed by atoms with E-state index in [1.54, 1.807) is 18.2 Å². The van der Waals surface area contributed by atoms with Crippen molar-refractivity contribution in [2.45, 2.75) is 13.0 Å². The summed E-state index contributed by atoms with van der Waals surface area (Å²) >= 11 is 0. The third-order valence-corrected chi connectivity index (χ3v) is 5.02. The minimum atomic E-state index is -0.549. The van der Waals surface area contributed by atoms with Crippen LogP contribution in [0.3, 0.4) is 0 Å². The average Bonchev–Trinajstić information content (AvgIpc) is 2.87. The van der Waals surface area contributed by atoms with Crippen molar-refractivity contribution in [3.63, 3.8) is 0 Å². The van der Waals surface area contributed by atoms with Gasteiger partial charge >= 0.3 is 0 Å². The molecule has 2 N–H and O–H groups in total. The molecular weight excluding hydrogens is 449 g/mol. The number of anilines is 1. The fraction of sp³-hybridized carbons (Fsp3) is 0.148. The Morgan fingerprint density at radius 2 is 1.77 bits per heavy atom. The van der Waals surface area contributed by atoms with Gasteiger partial charge in [-0.25, -0.2) is 4.39 Å². The molecule has 0 aromatic heterocycles. The minimum Gasteiger partial charge on any atom is -0.493 e. The first-order valence-corrected chi connectivity index (χ1v) is 10.7. The molecule has 0 heterocycles. The van der Waals surface area contributed by atoms with Gasteiger partial charge in [-0.1, -0.05) is 42.5 Å². The summed E-state index contributed by atoms with van der Waals surface area (Å²) in [6.07, 6.45) is 1.38. The Morgan fingerprint density at radius 3 is 2.43 bits per heavy atom. The normalized spacial score (nSPS) is 11.7. The lowest BCUT2D eigenvalue weighted by Gasteiger charge is -2.15. The maximum atomic E-state index is 13.1. The van der Waals surface area contributed by atoms with Crippen molar-refractivity contribution in [3.05, 3.63) is 95.3 Å². The van der Waals surface area contributed by atoms with Crippen LogP contribution in [0.4, 0.5) is 10.1 Å². The van der Waals surface area contributed by atoms with Crippen LogP contribution < -0.4 is 20.1 Å². The summed E-state index contributed by atoms with van der Waals surface area (Å²) in [5.74, 6) is -0.927. The highest BCUT2D eigenvalue weighted by Crippen LogP contribution is 2.32. The van der Waals surface area contributed by atoms with Crippen molar-refractivity contribution < 1.29 is 23.5 Å². The minimum absolute atomic E-state index is 0.137. The highest BCUT2D eigenvalue weighted by molar-refractivity contribution is 6.02. The van der Waals surface area contributed by atoms with E-state index in [4.69, 9.17) is 9.47 Å². The first-order chi connectivity index (χ1) is 16.9. The highest BCUT2D eigenvalue weighted by Gasteiger charge is 2.17. The van der Waals surface area contributed by atoms with Gasteiger partial charge in [0.05, 0.1) is 13.2 Å². The number of nitriles is 1. The van der Waals surface area contributed by atoms with Gasteiger partial charge in [-0.05, 0) is 48.9 Å². The summed E-state index contributed by atoms with van der Waals surface area (Å²) in [7, 11) is 1.44. The number of nitrogens with zero attached hydrogens (tertiary/aromatic N) is 1. The average molecular weight is 474 g/mol. The molecule has 178 valence electrons. The highest BCUT2D eigenvalue weighted by atomic mass is 19.1. The second-order valence-electron chi connectivity index (χ2n) is 7.50. The molecule has 2 amide bonds. The molecule has 0 spiro atoms. The van der Waals surface area contributed by atoms with E-state index in [9.17, 15) is 19.2 Å². The molecule has 3 aromatic carbocycles. The Kier molecular flexibility index (Phi) is 8.57. The number of benzene rings is 3. The number of para-hydroxylation sites is 1. The fourth-order valence-electron chi connectivity index (χ4n) is 3.23. The Bertz CT molecular complexity index is 1250. The third kappa shape index (κ3) is 6.92. The molecule has 0 saturated heterocycles. The van der Waals surface area contributed by atoms with E-state index >= 15 is 0 Å². The second-order valence-corrected chi connectivity index (χ2v) is 7.50. The Balaban J connectivity index is 1.76. The second kappa shape index (κ2) is 12.0. The zero-order valence-electron chi connectivity index (χ0n) is 19.2. The summed E-state index contributed by atoms with van der Waals surface area (Å²) < 4.78 is 24.1. The van der Waals surface area contributed by atoms with Crippen LogP contribution in [-0.2, 0) is 9.59 Å². The SMILES string of the molecule is COc1cccc(/C=C(/C#N)C(=O)N[C@H](C)c2ccccc2)c1OCC(=O)Nc1ccc(F)cc1. The lowest BCUT2D eigenvalue weighted by atomic mass is 10.1. The number of halogens is 1. The van der Waals surface area contributed by atoms with E-state index in [0.717, 1.165) is 5.56 Å². The first-order valence-electron chi connectivity index (χ1n) is 10.7. The van der Waals surface area contributed by atoms with Gasteiger partial charge in [-0.15, -0.1) is 0 Å². The quantitative estimate of drug-likeness (QED) is 0.348. The number of carbonyl (C=O) groups is 2. The largest absolute Gasteiger partial charge is 0.493 e. The molecule has 0 aliphatic rings. The van der Waals surface area contributed by atoms with Crippen LogP contribution in [0, 0.1) is 17.1 Å². The number of rotatable bonds is 9. The van der Waals surface area contributed by atoms with Gasteiger partial charge in [0.25, 0.3) is 11.8 Å². The molecule has 0 aliphatic carbocycles. The van der Waals surface area contributed by atoms with Gasteiger partial charge in [-0.3, -0.25) is 9.59 Å².